The van der Waals surface area contributed by atoms with E-state index in [0.717, 1.165) is 0 Å². The summed E-state index contributed by atoms with van der Waals surface area (Å²) in [5.41, 5.74) is -2.19. The Hall–Kier alpha value is -3.02. The molecule has 1 heterocycles. The zero-order valence-corrected chi connectivity index (χ0v) is 21.8. The molecule has 0 spiro atoms. The van der Waals surface area contributed by atoms with Crippen molar-refractivity contribution in [3.63, 3.8) is 0 Å². The van der Waals surface area contributed by atoms with Crippen molar-refractivity contribution in [2.45, 2.75) is 75.8 Å². The lowest BCUT2D eigenvalue weighted by Crippen LogP contribution is -2.53. The molecule has 2 aromatic carbocycles. The summed E-state index contributed by atoms with van der Waals surface area (Å²) < 4.78 is 12.2. The molecule has 1 aliphatic heterocycles. The van der Waals surface area contributed by atoms with Crippen LogP contribution < -0.4 is 0 Å². The van der Waals surface area contributed by atoms with Gasteiger partial charge in [0.2, 0.25) is 5.78 Å². The third kappa shape index (κ3) is 3.99. The highest BCUT2D eigenvalue weighted by Gasteiger charge is 2.47. The molecular weight excluding hydrogens is 494 g/mol. The number of aliphatic hydroxyl groups excluding tert-OH is 1. The fraction of sp³-hybridized carbons (Fsp3) is 0.500. The van der Waals surface area contributed by atoms with Crippen LogP contribution in [0.1, 0.15) is 82.2 Å². The summed E-state index contributed by atoms with van der Waals surface area (Å²) >= 11 is 0. The number of benzene rings is 2. The number of carbonyl (C=O) groups excluding carboxylic acids is 2. The Bertz CT molecular complexity index is 1320. The van der Waals surface area contributed by atoms with Crippen molar-refractivity contribution in [2.75, 3.05) is 14.1 Å². The van der Waals surface area contributed by atoms with Crippen molar-refractivity contribution < 1.29 is 44.6 Å². The van der Waals surface area contributed by atoms with Gasteiger partial charge in [-0.05, 0) is 33.5 Å². The monoisotopic (exact) mass is 527 g/mol. The molecule has 2 unspecified atom stereocenters. The fourth-order valence-electron chi connectivity index (χ4n) is 6.03. The second-order valence-corrected chi connectivity index (χ2v) is 10.8. The van der Waals surface area contributed by atoms with E-state index in [-0.39, 0.29) is 46.7 Å². The number of rotatable bonds is 4. The molecule has 10 nitrogen and oxygen atoms in total. The van der Waals surface area contributed by atoms with E-state index < -0.39 is 64.6 Å². The summed E-state index contributed by atoms with van der Waals surface area (Å²) in [7, 11) is 3.67. The number of hydrogen-bond donors (Lipinski definition) is 5. The lowest BCUT2D eigenvalue weighted by Gasteiger charge is -2.44. The standard InChI is InChI=1S/C28H33NO9/c1-5-28(36)10-14-20(17(11-28)38-18-9-15(29(3)4)23(31)12(2)37-18)27(35)22-21(25(14)33)24(32)13-7-6-8-16(30)19(13)26(22)34/h6-8,12,15,17-18,23,30-31,33,35-36H,5,9-11H2,1-4H3/t12-,15-,17?,18-,23+,28?/m0/s1. The van der Waals surface area contributed by atoms with Gasteiger partial charge in [-0.2, -0.15) is 0 Å². The van der Waals surface area contributed by atoms with Crippen LogP contribution in [0, 0.1) is 0 Å². The minimum atomic E-state index is -1.32. The Morgan fingerprint density at radius 3 is 2.42 bits per heavy atom. The van der Waals surface area contributed by atoms with Gasteiger partial charge >= 0.3 is 0 Å². The molecule has 1 saturated heterocycles. The quantitative estimate of drug-likeness (QED) is 0.319. The van der Waals surface area contributed by atoms with Crippen LogP contribution in [-0.2, 0) is 15.9 Å². The summed E-state index contributed by atoms with van der Waals surface area (Å²) in [6.45, 7) is 3.50. The molecule has 1 fully saturated rings. The summed E-state index contributed by atoms with van der Waals surface area (Å²) in [5.74, 6) is -2.95. The third-order valence-corrected chi connectivity index (χ3v) is 8.26. The Kier molecular flexibility index (Phi) is 6.52. The molecule has 0 saturated carbocycles. The van der Waals surface area contributed by atoms with Crippen LogP contribution >= 0.6 is 0 Å². The maximum absolute atomic E-state index is 13.5. The third-order valence-electron chi connectivity index (χ3n) is 8.26. The number of phenolic OH excluding ortho intramolecular Hbond substituents is 3. The van der Waals surface area contributed by atoms with Crippen molar-refractivity contribution in [3.8, 4) is 17.2 Å². The van der Waals surface area contributed by atoms with Gasteiger partial charge in [0.05, 0.1) is 40.6 Å². The molecule has 3 aliphatic rings. The normalized spacial score (nSPS) is 30.7. The van der Waals surface area contributed by atoms with E-state index >= 15 is 0 Å². The SMILES string of the molecule is CCC1(O)Cc2c(O)c3c(c(O)c2C(O[C@H]2C[C@H](N(C)C)[C@H](O)[C@H](C)O2)C1)C(=O)c1c(O)cccc1C3=O. The molecule has 0 bridgehead atoms. The molecule has 2 aliphatic carbocycles. The summed E-state index contributed by atoms with van der Waals surface area (Å²) in [6.07, 6.45) is -2.56. The molecule has 0 radical (unpaired) electrons. The number of aliphatic hydroxyl groups is 2. The lowest BCUT2D eigenvalue weighted by atomic mass is 9.72. The van der Waals surface area contributed by atoms with Crippen molar-refractivity contribution in [3.05, 3.63) is 51.6 Å². The predicted octanol–water partition coefficient (Wildman–Crippen LogP) is 2.15. The van der Waals surface area contributed by atoms with Crippen LogP contribution in [0.25, 0.3) is 0 Å². The zero-order valence-electron chi connectivity index (χ0n) is 21.8. The maximum Gasteiger partial charge on any atom is 0.202 e. The first-order chi connectivity index (χ1) is 17.9. The number of fused-ring (bicyclic) bond motifs is 3. The van der Waals surface area contributed by atoms with Gasteiger partial charge in [-0.15, -0.1) is 0 Å². The molecule has 0 aromatic heterocycles. The van der Waals surface area contributed by atoms with E-state index in [9.17, 15) is 35.1 Å². The second kappa shape index (κ2) is 9.32. The smallest absolute Gasteiger partial charge is 0.202 e. The largest absolute Gasteiger partial charge is 0.507 e. The number of likely N-dealkylation sites (N-methyl/N-ethyl adjacent to an activating group) is 1. The first kappa shape index (κ1) is 26.6. The van der Waals surface area contributed by atoms with Gasteiger partial charge in [0, 0.05) is 42.0 Å². The number of phenols is 3. The van der Waals surface area contributed by atoms with Crippen molar-refractivity contribution in [2.24, 2.45) is 0 Å². The molecule has 5 rings (SSSR count). The van der Waals surface area contributed by atoms with Crippen LogP contribution in [0.5, 0.6) is 17.2 Å². The Balaban J connectivity index is 1.64. The van der Waals surface area contributed by atoms with Gasteiger partial charge in [0.1, 0.15) is 17.2 Å². The number of ether oxygens (including phenoxy) is 2. The molecule has 0 amide bonds. The minimum Gasteiger partial charge on any atom is -0.507 e. The average molecular weight is 528 g/mol. The van der Waals surface area contributed by atoms with Gasteiger partial charge in [-0.25, -0.2) is 0 Å². The Labute approximate surface area is 220 Å². The van der Waals surface area contributed by atoms with Crippen molar-refractivity contribution >= 4 is 11.6 Å². The predicted molar refractivity (Wildman–Crippen MR) is 135 cm³/mol. The van der Waals surface area contributed by atoms with E-state index in [1.165, 1.54) is 18.2 Å². The summed E-state index contributed by atoms with van der Waals surface area (Å²) in [5, 5.41) is 55.1. The summed E-state index contributed by atoms with van der Waals surface area (Å²) in [6, 6.07) is 3.79. The Morgan fingerprint density at radius 1 is 1.08 bits per heavy atom. The van der Waals surface area contributed by atoms with Crippen molar-refractivity contribution in [1.82, 2.24) is 4.90 Å². The minimum absolute atomic E-state index is 0.0374. The van der Waals surface area contributed by atoms with Crippen LogP contribution in [0.3, 0.4) is 0 Å². The van der Waals surface area contributed by atoms with E-state index in [1.54, 1.807) is 13.8 Å². The van der Waals surface area contributed by atoms with Crippen molar-refractivity contribution in [1.29, 1.82) is 0 Å². The van der Waals surface area contributed by atoms with Gasteiger partial charge in [-0.1, -0.05) is 19.1 Å². The topological polar surface area (TPSA) is 157 Å². The number of nitrogens with zero attached hydrogens (tertiary/aromatic N) is 1. The van der Waals surface area contributed by atoms with Crippen LogP contribution in [0.2, 0.25) is 0 Å². The first-order valence-electron chi connectivity index (χ1n) is 12.8. The molecule has 38 heavy (non-hydrogen) atoms. The molecule has 5 N–H and O–H groups in total. The Morgan fingerprint density at radius 2 is 1.76 bits per heavy atom. The van der Waals surface area contributed by atoms with Crippen LogP contribution in [0.15, 0.2) is 18.2 Å². The average Bonchev–Trinajstić information content (AvgIpc) is 2.86. The molecular formula is C28H33NO9. The summed E-state index contributed by atoms with van der Waals surface area (Å²) in [4.78, 5) is 28.7. The highest BCUT2D eigenvalue weighted by Crippen LogP contribution is 2.52. The highest BCUT2D eigenvalue weighted by molar-refractivity contribution is 6.31. The highest BCUT2D eigenvalue weighted by atomic mass is 16.7. The molecule has 204 valence electrons. The number of carbonyl (C=O) groups is 2. The van der Waals surface area contributed by atoms with E-state index in [0.29, 0.717) is 12.8 Å². The number of ketones is 2. The van der Waals surface area contributed by atoms with Crippen LogP contribution in [-0.4, -0.2) is 86.2 Å². The van der Waals surface area contributed by atoms with Crippen LogP contribution in [0.4, 0.5) is 0 Å². The van der Waals surface area contributed by atoms with Gasteiger partial charge in [0.25, 0.3) is 0 Å². The lowest BCUT2D eigenvalue weighted by molar-refractivity contribution is -0.257. The first-order valence-corrected chi connectivity index (χ1v) is 12.8. The van der Waals surface area contributed by atoms with E-state index in [1.807, 2.05) is 19.0 Å². The second-order valence-electron chi connectivity index (χ2n) is 10.8. The number of aromatic hydroxyl groups is 3. The van der Waals surface area contributed by atoms with Gasteiger partial charge < -0.3 is 39.9 Å². The molecule has 6 atom stereocenters. The molecule has 2 aromatic rings. The zero-order chi connectivity index (χ0) is 27.7. The van der Waals surface area contributed by atoms with E-state index in [2.05, 4.69) is 0 Å². The van der Waals surface area contributed by atoms with E-state index in [4.69, 9.17) is 9.47 Å². The van der Waals surface area contributed by atoms with Gasteiger partial charge in [0.15, 0.2) is 12.1 Å². The number of hydrogen-bond acceptors (Lipinski definition) is 10. The fourth-order valence-corrected chi connectivity index (χ4v) is 6.03. The van der Waals surface area contributed by atoms with Gasteiger partial charge in [-0.3, -0.25) is 9.59 Å². The maximum atomic E-state index is 13.5. The molecule has 10 heteroatoms.